The number of hydrogen-bond donors (Lipinski definition) is 2. The fourth-order valence-electron chi connectivity index (χ4n) is 3.36. The minimum absolute atomic E-state index is 0.0929. The van der Waals surface area contributed by atoms with Gasteiger partial charge in [-0.1, -0.05) is 54.2 Å². The number of carbonyl (C=O) groups is 3. The second-order valence-corrected chi connectivity index (χ2v) is 8.49. The molecular formula is C21H21N7O3S. The highest BCUT2D eigenvalue weighted by Gasteiger charge is 2.49. The molecule has 2 N–H and O–H groups in total. The monoisotopic (exact) mass is 451 g/mol. The quantitative estimate of drug-likeness (QED) is 0.433. The maximum atomic E-state index is 12.9. The van der Waals surface area contributed by atoms with E-state index in [-0.39, 0.29) is 5.75 Å². The van der Waals surface area contributed by atoms with E-state index in [0.717, 1.165) is 28.6 Å². The molecule has 0 saturated carbocycles. The molecule has 0 radical (unpaired) electrons. The van der Waals surface area contributed by atoms with E-state index in [2.05, 4.69) is 26.3 Å². The number of thioether (sulfide) groups is 1. The van der Waals surface area contributed by atoms with Crippen LogP contribution in [0.4, 0.5) is 4.79 Å². The highest BCUT2D eigenvalue weighted by atomic mass is 32.2. The molecule has 0 unspecified atom stereocenters. The summed E-state index contributed by atoms with van der Waals surface area (Å²) in [6.45, 7) is 5.51. The van der Waals surface area contributed by atoms with Crippen LogP contribution in [0.2, 0.25) is 0 Å². The van der Waals surface area contributed by atoms with Crippen molar-refractivity contribution < 1.29 is 14.4 Å². The molecule has 164 valence electrons. The predicted octanol–water partition coefficient (Wildman–Crippen LogP) is 1.87. The molecule has 1 saturated heterocycles. The molecule has 32 heavy (non-hydrogen) atoms. The number of aromatic nitrogens is 4. The number of benzene rings is 2. The van der Waals surface area contributed by atoms with Gasteiger partial charge in [-0.3, -0.25) is 15.0 Å². The Morgan fingerprint density at radius 2 is 1.91 bits per heavy atom. The van der Waals surface area contributed by atoms with E-state index in [1.807, 2.05) is 38.1 Å². The first-order valence-electron chi connectivity index (χ1n) is 9.80. The average Bonchev–Trinajstić information content (AvgIpc) is 3.33. The van der Waals surface area contributed by atoms with Gasteiger partial charge in [0, 0.05) is 0 Å². The maximum Gasteiger partial charge on any atom is 0.344 e. The summed E-state index contributed by atoms with van der Waals surface area (Å²) in [5.41, 5.74) is 4.59. The number of aryl methyl sites for hydroxylation is 2. The molecule has 1 atom stereocenters. The van der Waals surface area contributed by atoms with Gasteiger partial charge in [0.15, 0.2) is 0 Å². The number of hydrogen-bond acceptors (Lipinski definition) is 7. The Labute approximate surface area is 188 Å². The van der Waals surface area contributed by atoms with E-state index in [1.165, 1.54) is 0 Å². The van der Waals surface area contributed by atoms with Gasteiger partial charge in [0.25, 0.3) is 5.91 Å². The number of nitrogens with one attached hydrogen (secondary N) is 2. The first-order valence-corrected chi connectivity index (χ1v) is 10.8. The molecule has 10 nitrogen and oxygen atoms in total. The van der Waals surface area contributed by atoms with Crippen molar-refractivity contribution in [3.8, 4) is 5.69 Å². The van der Waals surface area contributed by atoms with Crippen molar-refractivity contribution >= 4 is 29.6 Å². The smallest absolute Gasteiger partial charge is 0.318 e. The second kappa shape index (κ2) is 8.42. The Balaban J connectivity index is 1.44. The summed E-state index contributed by atoms with van der Waals surface area (Å²) in [5, 5.41) is 15.5. The van der Waals surface area contributed by atoms with Crippen LogP contribution in [0.3, 0.4) is 0 Å². The van der Waals surface area contributed by atoms with Crippen LogP contribution in [-0.2, 0) is 15.1 Å². The summed E-state index contributed by atoms with van der Waals surface area (Å²) >= 11 is 1.10. The van der Waals surface area contributed by atoms with E-state index < -0.39 is 23.4 Å². The van der Waals surface area contributed by atoms with Gasteiger partial charge < -0.3 is 5.32 Å². The molecular weight excluding hydrogens is 430 g/mol. The van der Waals surface area contributed by atoms with E-state index in [1.54, 1.807) is 35.9 Å². The highest BCUT2D eigenvalue weighted by molar-refractivity contribution is 7.99. The third-order valence-corrected chi connectivity index (χ3v) is 6.06. The number of imide groups is 1. The number of nitrogens with zero attached hydrogens (tertiary/aromatic N) is 5. The molecule has 1 aliphatic heterocycles. The lowest BCUT2D eigenvalue weighted by molar-refractivity contribution is -0.138. The third-order valence-electron chi connectivity index (χ3n) is 5.14. The van der Waals surface area contributed by atoms with Gasteiger partial charge >= 0.3 is 6.03 Å². The summed E-state index contributed by atoms with van der Waals surface area (Å²) < 4.78 is 1.56. The van der Waals surface area contributed by atoms with E-state index in [4.69, 9.17) is 0 Å². The van der Waals surface area contributed by atoms with Crippen LogP contribution in [0.1, 0.15) is 23.6 Å². The maximum absolute atomic E-state index is 12.9. The molecule has 0 spiro atoms. The minimum atomic E-state index is -1.26. The fourth-order valence-corrected chi connectivity index (χ4v) is 4.04. The topological polar surface area (TPSA) is 122 Å². The van der Waals surface area contributed by atoms with Crippen LogP contribution >= 0.6 is 11.8 Å². The van der Waals surface area contributed by atoms with Gasteiger partial charge in [0.1, 0.15) is 5.54 Å². The predicted molar refractivity (Wildman–Crippen MR) is 117 cm³/mol. The molecule has 1 aliphatic rings. The number of tetrazole rings is 1. The Kier molecular flexibility index (Phi) is 5.66. The standard InChI is InChI=1S/C21H21N7O3S/c1-13-9-10-14(2)16(11-13)27-20(23-25-26-27)32-12-17(29)24-28-18(30)21(3,22-19(28)31)15-7-5-4-6-8-15/h4-11H,12H2,1-3H3,(H,22,31)(H,24,29)/t21-/m1/s1. The Bertz CT molecular complexity index is 1200. The molecule has 1 fully saturated rings. The normalized spacial score (nSPS) is 18.0. The SMILES string of the molecule is Cc1ccc(C)c(-n2nnnc2SCC(=O)NN2C(=O)N[C@](C)(c3ccccc3)C2=O)c1. The van der Waals surface area contributed by atoms with E-state index in [0.29, 0.717) is 15.7 Å². The Hall–Kier alpha value is -3.73. The number of carbonyl (C=O) groups excluding carboxylic acids is 3. The summed E-state index contributed by atoms with van der Waals surface area (Å²) in [5.74, 6) is -1.19. The summed E-state index contributed by atoms with van der Waals surface area (Å²) in [4.78, 5) is 37.8. The van der Waals surface area contributed by atoms with Gasteiger partial charge in [-0.05, 0) is 54.0 Å². The van der Waals surface area contributed by atoms with Crippen LogP contribution in [0, 0.1) is 13.8 Å². The molecule has 4 amide bonds. The lowest BCUT2D eigenvalue weighted by Crippen LogP contribution is -2.48. The van der Waals surface area contributed by atoms with Crippen LogP contribution in [0.15, 0.2) is 53.7 Å². The van der Waals surface area contributed by atoms with Gasteiger partial charge in [-0.25, -0.2) is 4.79 Å². The molecule has 0 aliphatic carbocycles. The fraction of sp³-hybridized carbons (Fsp3) is 0.238. The average molecular weight is 452 g/mol. The van der Waals surface area contributed by atoms with E-state index >= 15 is 0 Å². The van der Waals surface area contributed by atoms with Crippen LogP contribution in [0.25, 0.3) is 5.69 Å². The first kappa shape index (κ1) is 21.5. The van der Waals surface area contributed by atoms with Crippen molar-refractivity contribution in [1.82, 2.24) is 36.0 Å². The Morgan fingerprint density at radius 3 is 2.66 bits per heavy atom. The first-order chi connectivity index (χ1) is 15.3. The lowest BCUT2D eigenvalue weighted by atomic mass is 9.92. The van der Waals surface area contributed by atoms with Gasteiger partial charge in [0.2, 0.25) is 11.1 Å². The molecule has 1 aromatic heterocycles. The zero-order valence-corrected chi connectivity index (χ0v) is 18.5. The third kappa shape index (κ3) is 3.94. The zero-order valence-electron chi connectivity index (χ0n) is 17.7. The Morgan fingerprint density at radius 1 is 1.16 bits per heavy atom. The zero-order chi connectivity index (χ0) is 22.9. The molecule has 4 rings (SSSR count). The largest absolute Gasteiger partial charge is 0.344 e. The number of rotatable bonds is 6. The van der Waals surface area contributed by atoms with E-state index in [9.17, 15) is 14.4 Å². The van der Waals surface area contributed by atoms with Crippen molar-refractivity contribution in [1.29, 1.82) is 0 Å². The highest BCUT2D eigenvalue weighted by Crippen LogP contribution is 2.28. The number of amides is 4. The van der Waals surface area contributed by atoms with Crippen LogP contribution in [-0.4, -0.2) is 48.8 Å². The van der Waals surface area contributed by atoms with Crippen molar-refractivity contribution in [2.75, 3.05) is 5.75 Å². The number of urea groups is 1. The molecule has 2 aromatic carbocycles. The van der Waals surface area contributed by atoms with Gasteiger partial charge in [0.05, 0.1) is 11.4 Å². The van der Waals surface area contributed by atoms with Crippen molar-refractivity contribution in [3.05, 3.63) is 65.2 Å². The molecule has 11 heteroatoms. The summed E-state index contributed by atoms with van der Waals surface area (Å²) in [7, 11) is 0. The van der Waals surface area contributed by atoms with Gasteiger partial charge in [-0.15, -0.1) is 5.10 Å². The van der Waals surface area contributed by atoms with Crippen molar-refractivity contribution in [2.24, 2.45) is 0 Å². The second-order valence-electron chi connectivity index (χ2n) is 7.55. The molecule has 0 bridgehead atoms. The lowest BCUT2D eigenvalue weighted by Gasteiger charge is -2.22. The summed E-state index contributed by atoms with van der Waals surface area (Å²) in [6.07, 6.45) is 0. The van der Waals surface area contributed by atoms with Crippen molar-refractivity contribution in [3.63, 3.8) is 0 Å². The van der Waals surface area contributed by atoms with Gasteiger partial charge in [-0.2, -0.15) is 9.69 Å². The minimum Gasteiger partial charge on any atom is -0.318 e. The van der Waals surface area contributed by atoms with Crippen molar-refractivity contribution in [2.45, 2.75) is 31.5 Å². The molecule has 2 heterocycles. The van der Waals surface area contributed by atoms with Crippen LogP contribution < -0.4 is 10.7 Å². The van der Waals surface area contributed by atoms with Crippen LogP contribution in [0.5, 0.6) is 0 Å². The number of hydrazine groups is 1. The summed E-state index contributed by atoms with van der Waals surface area (Å²) in [6, 6.07) is 14.1. The molecule has 3 aromatic rings.